The fraction of sp³-hybridized carbons (Fsp3) is 0.571. The molecule has 7 nitrogen and oxygen atoms in total. The van der Waals surface area contributed by atoms with Crippen LogP contribution in [0.25, 0.3) is 0 Å². The molecule has 2 N–H and O–H groups in total. The van der Waals surface area contributed by atoms with Gasteiger partial charge in [0.1, 0.15) is 23.0 Å². The maximum absolute atomic E-state index is 6.14. The molecule has 2 unspecified atom stereocenters. The van der Waals surface area contributed by atoms with Crippen molar-refractivity contribution in [2.75, 3.05) is 13.6 Å². The van der Waals surface area contributed by atoms with E-state index in [4.69, 9.17) is 4.74 Å². The molecule has 0 bridgehead atoms. The Kier molecular flexibility index (Phi) is 6.70. The van der Waals surface area contributed by atoms with Crippen LogP contribution in [0.5, 0.6) is 5.75 Å². The molecule has 8 heteroatoms. The van der Waals surface area contributed by atoms with Crippen molar-refractivity contribution >= 4 is 29.9 Å². The molecule has 0 amide bonds. The summed E-state index contributed by atoms with van der Waals surface area (Å²) >= 11 is 0. The fourth-order valence-electron chi connectivity index (χ4n) is 4.23. The van der Waals surface area contributed by atoms with E-state index < -0.39 is 0 Å². The molecule has 0 radical (unpaired) electrons. The topological polar surface area (TPSA) is 76.4 Å². The summed E-state index contributed by atoms with van der Waals surface area (Å²) in [6, 6.07) is 8.43. The minimum atomic E-state index is -0.212. The number of ether oxygens (including phenoxy) is 1. The molecule has 0 saturated heterocycles. The second-order valence-corrected chi connectivity index (χ2v) is 8.43. The lowest BCUT2D eigenvalue weighted by molar-refractivity contribution is 0.0694. The largest absolute Gasteiger partial charge is 0.487 e. The summed E-state index contributed by atoms with van der Waals surface area (Å²) in [5.41, 5.74) is 0.976. The zero-order valence-corrected chi connectivity index (χ0v) is 19.9. The molecule has 0 spiro atoms. The quantitative estimate of drug-likeness (QED) is 0.377. The van der Waals surface area contributed by atoms with Gasteiger partial charge >= 0.3 is 0 Å². The van der Waals surface area contributed by atoms with Crippen LogP contribution in [0.1, 0.15) is 49.9 Å². The average Bonchev–Trinajstić information content (AvgIpc) is 3.04. The van der Waals surface area contributed by atoms with Gasteiger partial charge in [-0.1, -0.05) is 18.2 Å². The number of para-hydroxylation sites is 1. The van der Waals surface area contributed by atoms with Crippen LogP contribution in [0.4, 0.5) is 0 Å². The number of aryl methyl sites for hydroxylation is 2. The Balaban J connectivity index is 0.00000240. The van der Waals surface area contributed by atoms with Crippen molar-refractivity contribution in [1.29, 1.82) is 0 Å². The van der Waals surface area contributed by atoms with E-state index in [-0.39, 0.29) is 35.6 Å². The summed E-state index contributed by atoms with van der Waals surface area (Å²) in [7, 11) is 1.83. The predicted octanol–water partition coefficient (Wildman–Crippen LogP) is 3.23. The summed E-state index contributed by atoms with van der Waals surface area (Å²) in [4.78, 5) is 4.46. The van der Waals surface area contributed by atoms with Gasteiger partial charge in [-0.2, -0.15) is 0 Å². The Morgan fingerprint density at radius 2 is 2.10 bits per heavy atom. The van der Waals surface area contributed by atoms with Crippen molar-refractivity contribution in [3.8, 4) is 5.75 Å². The Hall–Kier alpha value is -1.84. The van der Waals surface area contributed by atoms with Crippen LogP contribution >= 0.6 is 24.0 Å². The van der Waals surface area contributed by atoms with Gasteiger partial charge in [0.25, 0.3) is 0 Å². The summed E-state index contributed by atoms with van der Waals surface area (Å²) in [5.74, 6) is 4.44. The van der Waals surface area contributed by atoms with Crippen LogP contribution in [0.2, 0.25) is 0 Å². The zero-order chi connectivity index (χ0) is 19.7. The van der Waals surface area contributed by atoms with Crippen LogP contribution in [0, 0.1) is 12.8 Å². The summed E-state index contributed by atoms with van der Waals surface area (Å²) in [6.07, 6.45) is 2.99. The van der Waals surface area contributed by atoms with E-state index in [1.807, 2.05) is 26.1 Å². The smallest absolute Gasteiger partial charge is 0.191 e. The Morgan fingerprint density at radius 3 is 2.90 bits per heavy atom. The van der Waals surface area contributed by atoms with E-state index in [9.17, 15) is 0 Å². The number of fused-ring (bicyclic) bond motifs is 2. The van der Waals surface area contributed by atoms with Gasteiger partial charge in [0.2, 0.25) is 0 Å². The maximum atomic E-state index is 6.14. The molecule has 0 fully saturated rings. The number of rotatable bonds is 3. The van der Waals surface area contributed by atoms with Gasteiger partial charge in [0.15, 0.2) is 5.96 Å². The van der Waals surface area contributed by atoms with Gasteiger partial charge in [0, 0.05) is 38.5 Å². The van der Waals surface area contributed by atoms with Crippen molar-refractivity contribution in [2.45, 2.75) is 58.2 Å². The number of hydrogen-bond acceptors (Lipinski definition) is 4. The highest BCUT2D eigenvalue weighted by Gasteiger charge is 2.34. The summed E-state index contributed by atoms with van der Waals surface area (Å²) in [6.45, 7) is 8.14. The third-order valence-corrected chi connectivity index (χ3v) is 5.70. The number of hydrogen-bond donors (Lipinski definition) is 2. The maximum Gasteiger partial charge on any atom is 0.191 e. The standard InChI is InChI=1S/C21H30N6O.HI/c1-14-25-26-19-10-9-15(13-27(14)19)12-23-20(22-4)24-17-11-21(2,3)28-18-8-6-5-7-16(17)18;/h5-8,15,17H,9-13H2,1-4H3,(H2,22,23,24);1H. The first-order chi connectivity index (χ1) is 13.4. The third-order valence-electron chi connectivity index (χ3n) is 5.70. The number of benzene rings is 1. The summed E-state index contributed by atoms with van der Waals surface area (Å²) < 4.78 is 8.38. The predicted molar refractivity (Wildman–Crippen MR) is 125 cm³/mol. The van der Waals surface area contributed by atoms with Gasteiger partial charge in [-0.3, -0.25) is 4.99 Å². The molecule has 2 aliphatic heterocycles. The van der Waals surface area contributed by atoms with Crippen LogP contribution in [-0.2, 0) is 13.0 Å². The second-order valence-electron chi connectivity index (χ2n) is 8.43. The number of nitrogens with zero attached hydrogens (tertiary/aromatic N) is 4. The highest BCUT2D eigenvalue weighted by atomic mass is 127. The van der Waals surface area contributed by atoms with E-state index in [2.05, 4.69) is 56.4 Å². The monoisotopic (exact) mass is 510 g/mol. The SMILES string of the molecule is CN=C(NCC1CCc2nnc(C)n2C1)NC1CC(C)(C)Oc2ccccc21.I. The lowest BCUT2D eigenvalue weighted by atomic mass is 9.90. The highest BCUT2D eigenvalue weighted by molar-refractivity contribution is 14.0. The van der Waals surface area contributed by atoms with Gasteiger partial charge in [-0.15, -0.1) is 34.2 Å². The number of guanidine groups is 1. The molecule has 2 aromatic rings. The molecule has 3 heterocycles. The third kappa shape index (κ3) is 4.84. The fourth-order valence-corrected chi connectivity index (χ4v) is 4.23. The second kappa shape index (κ2) is 8.89. The van der Waals surface area contributed by atoms with E-state index >= 15 is 0 Å². The Labute approximate surface area is 189 Å². The molecule has 0 aliphatic carbocycles. The van der Waals surface area contributed by atoms with Crippen LogP contribution in [0.15, 0.2) is 29.3 Å². The molecular weight excluding hydrogens is 479 g/mol. The summed E-state index contributed by atoms with van der Waals surface area (Å²) in [5, 5.41) is 15.6. The highest BCUT2D eigenvalue weighted by Crippen LogP contribution is 2.39. The zero-order valence-electron chi connectivity index (χ0n) is 17.6. The van der Waals surface area contributed by atoms with Crippen molar-refractivity contribution in [3.05, 3.63) is 41.5 Å². The van der Waals surface area contributed by atoms with Crippen molar-refractivity contribution in [1.82, 2.24) is 25.4 Å². The number of aromatic nitrogens is 3. The van der Waals surface area contributed by atoms with Gasteiger partial charge in [0.05, 0.1) is 6.04 Å². The molecule has 29 heavy (non-hydrogen) atoms. The molecule has 1 aromatic carbocycles. The van der Waals surface area contributed by atoms with Crippen LogP contribution < -0.4 is 15.4 Å². The van der Waals surface area contributed by atoms with Crippen LogP contribution in [-0.4, -0.2) is 39.9 Å². The minimum Gasteiger partial charge on any atom is -0.487 e. The van der Waals surface area contributed by atoms with Crippen molar-refractivity contribution in [2.24, 2.45) is 10.9 Å². The first kappa shape index (κ1) is 21.9. The molecular formula is C21H31IN6O. The minimum absolute atomic E-state index is 0. The average molecular weight is 510 g/mol. The number of aliphatic imine (C=N–C) groups is 1. The molecule has 1 aromatic heterocycles. The van der Waals surface area contributed by atoms with Gasteiger partial charge in [-0.25, -0.2) is 0 Å². The van der Waals surface area contributed by atoms with Gasteiger partial charge in [-0.05, 0) is 39.2 Å². The molecule has 158 valence electrons. The Morgan fingerprint density at radius 1 is 1.31 bits per heavy atom. The van der Waals surface area contributed by atoms with Crippen molar-refractivity contribution < 1.29 is 4.74 Å². The lowest BCUT2D eigenvalue weighted by Gasteiger charge is -2.38. The van der Waals surface area contributed by atoms with E-state index in [1.54, 1.807) is 0 Å². The normalized spacial score (nSPS) is 22.6. The van der Waals surface area contributed by atoms with E-state index in [0.717, 1.165) is 55.7 Å². The van der Waals surface area contributed by atoms with E-state index in [1.165, 1.54) is 5.56 Å². The molecule has 4 rings (SSSR count). The molecule has 0 saturated carbocycles. The lowest BCUT2D eigenvalue weighted by Crippen LogP contribution is -2.46. The first-order valence-corrected chi connectivity index (χ1v) is 10.1. The van der Waals surface area contributed by atoms with Gasteiger partial charge < -0.3 is 19.9 Å². The Bertz CT molecular complexity index is 878. The molecule has 2 atom stereocenters. The van der Waals surface area contributed by atoms with Crippen molar-refractivity contribution in [3.63, 3.8) is 0 Å². The molecule has 2 aliphatic rings. The van der Waals surface area contributed by atoms with E-state index in [0.29, 0.717) is 5.92 Å². The number of nitrogens with one attached hydrogen (secondary N) is 2. The first-order valence-electron chi connectivity index (χ1n) is 10.1. The van der Waals surface area contributed by atoms with Crippen LogP contribution in [0.3, 0.4) is 0 Å². The number of halogens is 1.